The molecule has 0 unspecified atom stereocenters. The van der Waals surface area contributed by atoms with E-state index in [1.165, 1.54) is 6.07 Å². The van der Waals surface area contributed by atoms with Crippen LogP contribution in [0.25, 0.3) is 0 Å². The SMILES string of the molecule is CC(C)(C)OC(=O)NCCC(=O)NCC1CCN(C(=O)CCc2ccccc2F)CC1. The van der Waals surface area contributed by atoms with Crippen LogP contribution in [0.4, 0.5) is 9.18 Å². The Balaban J connectivity index is 1.59. The number of nitrogens with zero attached hydrogens (tertiary/aromatic N) is 1. The normalized spacial score (nSPS) is 14.8. The van der Waals surface area contributed by atoms with Crippen LogP contribution >= 0.6 is 0 Å². The van der Waals surface area contributed by atoms with Gasteiger partial charge in [0.2, 0.25) is 11.8 Å². The summed E-state index contributed by atoms with van der Waals surface area (Å²) in [6.07, 6.45) is 2.00. The van der Waals surface area contributed by atoms with E-state index in [9.17, 15) is 18.8 Å². The lowest BCUT2D eigenvalue weighted by Gasteiger charge is -2.32. The van der Waals surface area contributed by atoms with E-state index in [2.05, 4.69) is 10.6 Å². The molecule has 1 aromatic carbocycles. The fourth-order valence-corrected chi connectivity index (χ4v) is 3.43. The first-order chi connectivity index (χ1) is 14.6. The van der Waals surface area contributed by atoms with Crippen molar-refractivity contribution < 1.29 is 23.5 Å². The highest BCUT2D eigenvalue weighted by molar-refractivity contribution is 5.77. The van der Waals surface area contributed by atoms with Gasteiger partial charge in [0.15, 0.2) is 0 Å². The minimum atomic E-state index is -0.569. The first-order valence-electron chi connectivity index (χ1n) is 10.9. The number of rotatable bonds is 8. The van der Waals surface area contributed by atoms with Crippen LogP contribution in [0, 0.1) is 11.7 Å². The zero-order valence-corrected chi connectivity index (χ0v) is 18.7. The van der Waals surface area contributed by atoms with Crippen LogP contribution < -0.4 is 10.6 Å². The van der Waals surface area contributed by atoms with Crippen LogP contribution in [0.2, 0.25) is 0 Å². The highest BCUT2D eigenvalue weighted by atomic mass is 19.1. The molecule has 0 saturated carbocycles. The molecule has 172 valence electrons. The molecule has 1 saturated heterocycles. The van der Waals surface area contributed by atoms with Gasteiger partial charge in [0.25, 0.3) is 0 Å². The number of hydrogen-bond donors (Lipinski definition) is 2. The third-order valence-corrected chi connectivity index (χ3v) is 5.14. The molecule has 0 aliphatic carbocycles. The van der Waals surface area contributed by atoms with Gasteiger partial charge in [-0.15, -0.1) is 0 Å². The summed E-state index contributed by atoms with van der Waals surface area (Å²) in [5, 5.41) is 5.46. The van der Waals surface area contributed by atoms with Crippen molar-refractivity contribution in [3.63, 3.8) is 0 Å². The largest absolute Gasteiger partial charge is 0.444 e. The van der Waals surface area contributed by atoms with Gasteiger partial charge in [-0.25, -0.2) is 9.18 Å². The Kier molecular flexibility index (Phi) is 9.27. The summed E-state index contributed by atoms with van der Waals surface area (Å²) in [5.41, 5.74) is -0.00467. The highest BCUT2D eigenvalue weighted by Crippen LogP contribution is 2.18. The summed E-state index contributed by atoms with van der Waals surface area (Å²) in [6, 6.07) is 6.53. The molecular formula is C23H34FN3O4. The van der Waals surface area contributed by atoms with Gasteiger partial charge in [0.1, 0.15) is 11.4 Å². The van der Waals surface area contributed by atoms with Crippen LogP contribution in [-0.2, 0) is 20.7 Å². The molecule has 8 heteroatoms. The smallest absolute Gasteiger partial charge is 0.407 e. The summed E-state index contributed by atoms with van der Waals surface area (Å²) >= 11 is 0. The zero-order chi connectivity index (χ0) is 22.9. The molecule has 1 heterocycles. The Morgan fingerprint density at radius 1 is 1.10 bits per heavy atom. The predicted molar refractivity (Wildman–Crippen MR) is 116 cm³/mol. The van der Waals surface area contributed by atoms with Crippen molar-refractivity contribution in [1.82, 2.24) is 15.5 Å². The van der Waals surface area contributed by atoms with E-state index in [0.29, 0.717) is 44.0 Å². The molecule has 0 radical (unpaired) electrons. The number of ether oxygens (including phenoxy) is 1. The maximum Gasteiger partial charge on any atom is 0.407 e. The summed E-state index contributed by atoms with van der Waals surface area (Å²) in [7, 11) is 0. The van der Waals surface area contributed by atoms with Crippen molar-refractivity contribution >= 4 is 17.9 Å². The number of hydrogen-bond acceptors (Lipinski definition) is 4. The van der Waals surface area contributed by atoms with Crippen molar-refractivity contribution in [2.45, 2.75) is 58.5 Å². The topological polar surface area (TPSA) is 87.7 Å². The molecule has 1 aromatic rings. The lowest BCUT2D eigenvalue weighted by Crippen LogP contribution is -2.42. The second-order valence-electron chi connectivity index (χ2n) is 8.90. The Labute approximate surface area is 183 Å². The number of likely N-dealkylation sites (tertiary alicyclic amines) is 1. The quantitative estimate of drug-likeness (QED) is 0.657. The van der Waals surface area contributed by atoms with Gasteiger partial charge < -0.3 is 20.3 Å². The minimum Gasteiger partial charge on any atom is -0.444 e. The molecule has 1 aliphatic heterocycles. The van der Waals surface area contributed by atoms with Gasteiger partial charge >= 0.3 is 6.09 Å². The Hall–Kier alpha value is -2.64. The predicted octanol–water partition coefficient (Wildman–Crippen LogP) is 3.03. The van der Waals surface area contributed by atoms with Crippen LogP contribution in [-0.4, -0.2) is 54.6 Å². The second-order valence-corrected chi connectivity index (χ2v) is 8.90. The molecule has 0 spiro atoms. The van der Waals surface area contributed by atoms with E-state index in [1.54, 1.807) is 39.0 Å². The van der Waals surface area contributed by atoms with Gasteiger partial charge in [-0.3, -0.25) is 9.59 Å². The molecule has 3 amide bonds. The van der Waals surface area contributed by atoms with E-state index in [1.807, 2.05) is 4.90 Å². The van der Waals surface area contributed by atoms with Crippen LogP contribution in [0.15, 0.2) is 24.3 Å². The van der Waals surface area contributed by atoms with Crippen LogP contribution in [0.1, 0.15) is 52.0 Å². The van der Waals surface area contributed by atoms with Gasteiger partial charge in [0, 0.05) is 39.0 Å². The lowest BCUT2D eigenvalue weighted by molar-refractivity contribution is -0.132. The number of carbonyl (C=O) groups is 3. The van der Waals surface area contributed by atoms with Gasteiger partial charge in [-0.2, -0.15) is 0 Å². The van der Waals surface area contributed by atoms with Gasteiger partial charge in [-0.05, 0) is 57.6 Å². The first-order valence-corrected chi connectivity index (χ1v) is 10.9. The number of halogens is 1. The molecule has 1 fully saturated rings. The third-order valence-electron chi connectivity index (χ3n) is 5.14. The molecule has 0 atom stereocenters. The summed E-state index contributed by atoms with van der Waals surface area (Å²) in [6.45, 7) is 7.41. The Morgan fingerprint density at radius 3 is 2.42 bits per heavy atom. The molecule has 0 bridgehead atoms. The van der Waals surface area contributed by atoms with Crippen LogP contribution in [0.3, 0.4) is 0 Å². The Bertz CT molecular complexity index is 755. The second kappa shape index (κ2) is 11.7. The monoisotopic (exact) mass is 435 g/mol. The first kappa shape index (κ1) is 24.6. The fraction of sp³-hybridized carbons (Fsp3) is 0.609. The van der Waals surface area contributed by atoms with Crippen molar-refractivity contribution in [3.8, 4) is 0 Å². The van der Waals surface area contributed by atoms with Crippen LogP contribution in [0.5, 0.6) is 0 Å². The molecule has 0 aromatic heterocycles. The minimum absolute atomic E-state index is 0.0407. The Morgan fingerprint density at radius 2 is 1.77 bits per heavy atom. The van der Waals surface area contributed by atoms with Crippen molar-refractivity contribution in [3.05, 3.63) is 35.6 Å². The summed E-state index contributed by atoms with van der Waals surface area (Å²) in [5.74, 6) is -0.0390. The number of benzene rings is 1. The zero-order valence-electron chi connectivity index (χ0n) is 18.7. The van der Waals surface area contributed by atoms with Crippen molar-refractivity contribution in [2.75, 3.05) is 26.2 Å². The number of alkyl carbamates (subject to hydrolysis) is 1. The van der Waals surface area contributed by atoms with Crippen molar-refractivity contribution in [1.29, 1.82) is 0 Å². The number of piperidine rings is 1. The highest BCUT2D eigenvalue weighted by Gasteiger charge is 2.23. The number of carbonyl (C=O) groups excluding carboxylic acids is 3. The number of nitrogens with one attached hydrogen (secondary N) is 2. The number of aryl methyl sites for hydroxylation is 1. The van der Waals surface area contributed by atoms with E-state index >= 15 is 0 Å². The molecule has 2 rings (SSSR count). The average Bonchev–Trinajstić information content (AvgIpc) is 2.70. The number of amides is 3. The molecule has 7 nitrogen and oxygen atoms in total. The van der Waals surface area contributed by atoms with E-state index in [4.69, 9.17) is 4.74 Å². The third kappa shape index (κ3) is 9.36. The van der Waals surface area contributed by atoms with E-state index in [-0.39, 0.29) is 30.6 Å². The maximum atomic E-state index is 13.7. The molecule has 2 N–H and O–H groups in total. The van der Waals surface area contributed by atoms with E-state index < -0.39 is 11.7 Å². The average molecular weight is 436 g/mol. The van der Waals surface area contributed by atoms with Crippen molar-refractivity contribution in [2.24, 2.45) is 5.92 Å². The molecular weight excluding hydrogens is 401 g/mol. The lowest BCUT2D eigenvalue weighted by atomic mass is 9.96. The van der Waals surface area contributed by atoms with Gasteiger partial charge in [-0.1, -0.05) is 18.2 Å². The summed E-state index contributed by atoms with van der Waals surface area (Å²) in [4.78, 5) is 37.8. The molecule has 1 aliphatic rings. The summed E-state index contributed by atoms with van der Waals surface area (Å²) < 4.78 is 18.8. The van der Waals surface area contributed by atoms with Gasteiger partial charge in [0.05, 0.1) is 0 Å². The fourth-order valence-electron chi connectivity index (χ4n) is 3.43. The van der Waals surface area contributed by atoms with E-state index in [0.717, 1.165) is 12.8 Å². The standard InChI is InChI=1S/C23H34FN3O4/c1-23(2,3)31-22(30)25-13-10-20(28)26-16-17-11-14-27(15-12-17)21(29)9-8-18-6-4-5-7-19(18)24/h4-7,17H,8-16H2,1-3H3,(H,25,30)(H,26,28). The maximum absolute atomic E-state index is 13.7. The molecule has 31 heavy (non-hydrogen) atoms.